The van der Waals surface area contributed by atoms with E-state index in [9.17, 15) is 4.79 Å². The molecule has 0 saturated heterocycles. The number of hydrogen-bond donors (Lipinski definition) is 0. The molecule has 3 heteroatoms. The molecule has 0 aromatic rings. The van der Waals surface area contributed by atoms with Gasteiger partial charge >= 0.3 is 5.97 Å². The van der Waals surface area contributed by atoms with E-state index in [1.807, 2.05) is 6.92 Å². The maximum atomic E-state index is 11.2. The van der Waals surface area contributed by atoms with Gasteiger partial charge in [0.15, 0.2) is 0 Å². The summed E-state index contributed by atoms with van der Waals surface area (Å²) in [5.74, 6) is -0.0427. The topological polar surface area (TPSA) is 26.3 Å². The average molecular weight is 249 g/mol. The molecule has 1 rings (SSSR count). The Labute approximate surface area is 88.2 Å². The number of alkyl halides is 1. The fourth-order valence-electron chi connectivity index (χ4n) is 1.62. The quantitative estimate of drug-likeness (QED) is 0.567. The summed E-state index contributed by atoms with van der Waals surface area (Å²) in [5, 5.41) is 0. The van der Waals surface area contributed by atoms with Gasteiger partial charge in [-0.05, 0) is 25.7 Å². The summed E-state index contributed by atoms with van der Waals surface area (Å²) in [6.07, 6.45) is 6.13. The minimum atomic E-state index is -0.0427. The molecule has 1 fully saturated rings. The molecule has 0 aliphatic heterocycles. The minimum Gasteiger partial charge on any atom is -0.461 e. The lowest BCUT2D eigenvalue weighted by Crippen LogP contribution is -2.30. The molecule has 0 amide bonds. The smallest absolute Gasteiger partial charge is 0.306 e. The van der Waals surface area contributed by atoms with Crippen LogP contribution < -0.4 is 0 Å². The molecule has 0 heterocycles. The van der Waals surface area contributed by atoms with Crippen molar-refractivity contribution in [2.24, 2.45) is 0 Å². The average Bonchev–Trinajstić information content (AvgIpc) is 2.09. The van der Waals surface area contributed by atoms with Crippen LogP contribution in [0.15, 0.2) is 0 Å². The highest BCUT2D eigenvalue weighted by Crippen LogP contribution is 2.27. The zero-order chi connectivity index (χ0) is 9.68. The van der Waals surface area contributed by atoms with E-state index in [2.05, 4.69) is 15.9 Å². The normalized spacial score (nSPS) is 28.5. The molecular weight excluding hydrogens is 232 g/mol. The van der Waals surface area contributed by atoms with E-state index < -0.39 is 0 Å². The van der Waals surface area contributed by atoms with Crippen molar-refractivity contribution in [2.75, 3.05) is 0 Å². The van der Waals surface area contributed by atoms with Crippen molar-refractivity contribution >= 4 is 21.9 Å². The van der Waals surface area contributed by atoms with Crippen LogP contribution in [0.2, 0.25) is 0 Å². The highest BCUT2D eigenvalue weighted by atomic mass is 79.9. The van der Waals surface area contributed by atoms with Gasteiger partial charge < -0.3 is 4.74 Å². The van der Waals surface area contributed by atoms with E-state index in [-0.39, 0.29) is 12.1 Å². The largest absolute Gasteiger partial charge is 0.461 e. The van der Waals surface area contributed by atoms with Crippen molar-refractivity contribution in [2.45, 2.75) is 56.4 Å². The summed E-state index contributed by atoms with van der Waals surface area (Å²) in [4.78, 5) is 11.6. The second-order valence-corrected chi connectivity index (χ2v) is 4.75. The number of halogens is 1. The first kappa shape index (κ1) is 11.0. The molecule has 0 unspecified atom stereocenters. The van der Waals surface area contributed by atoms with Crippen LogP contribution in [0, 0.1) is 0 Å². The molecule has 2 nitrogen and oxygen atoms in total. The molecule has 76 valence electrons. The molecule has 0 aromatic carbocycles. The molecule has 2 atom stereocenters. The number of hydrogen-bond acceptors (Lipinski definition) is 2. The Morgan fingerprint density at radius 3 is 2.77 bits per heavy atom. The van der Waals surface area contributed by atoms with Crippen LogP contribution in [-0.2, 0) is 9.53 Å². The Bertz CT molecular complexity index is 170. The number of rotatable bonds is 3. The van der Waals surface area contributed by atoms with Crippen molar-refractivity contribution in [3.05, 3.63) is 0 Å². The zero-order valence-electron chi connectivity index (χ0n) is 8.09. The molecule has 0 radical (unpaired) electrons. The third-order valence-corrected chi connectivity index (χ3v) is 3.41. The Morgan fingerprint density at radius 2 is 2.15 bits per heavy atom. The van der Waals surface area contributed by atoms with E-state index >= 15 is 0 Å². The van der Waals surface area contributed by atoms with Crippen LogP contribution in [0.25, 0.3) is 0 Å². The minimum absolute atomic E-state index is 0.0427. The van der Waals surface area contributed by atoms with Crippen LogP contribution in [0.3, 0.4) is 0 Å². The second kappa shape index (κ2) is 5.63. The Morgan fingerprint density at radius 1 is 1.46 bits per heavy atom. The Kier molecular flexibility index (Phi) is 4.78. The van der Waals surface area contributed by atoms with E-state index in [0.717, 1.165) is 19.3 Å². The SMILES string of the molecule is CCCC(=O)O[C@H]1CCCC[C@@H]1Br. The van der Waals surface area contributed by atoms with Crippen molar-refractivity contribution in [3.8, 4) is 0 Å². The van der Waals surface area contributed by atoms with Gasteiger partial charge in [-0.3, -0.25) is 4.79 Å². The predicted molar refractivity (Wildman–Crippen MR) is 56.0 cm³/mol. The first-order valence-corrected chi connectivity index (χ1v) is 5.99. The van der Waals surface area contributed by atoms with Gasteiger partial charge in [0, 0.05) is 6.42 Å². The summed E-state index contributed by atoms with van der Waals surface area (Å²) in [6, 6.07) is 0. The molecule has 1 aliphatic carbocycles. The van der Waals surface area contributed by atoms with Gasteiger partial charge in [0.1, 0.15) is 6.10 Å². The van der Waals surface area contributed by atoms with Crippen molar-refractivity contribution in [1.29, 1.82) is 0 Å². The first-order valence-electron chi connectivity index (χ1n) is 5.07. The van der Waals surface area contributed by atoms with Crippen molar-refractivity contribution < 1.29 is 9.53 Å². The van der Waals surface area contributed by atoms with E-state index in [4.69, 9.17) is 4.74 Å². The van der Waals surface area contributed by atoms with Gasteiger partial charge in [0.25, 0.3) is 0 Å². The maximum absolute atomic E-state index is 11.2. The van der Waals surface area contributed by atoms with Gasteiger partial charge in [-0.2, -0.15) is 0 Å². The second-order valence-electron chi connectivity index (χ2n) is 3.58. The van der Waals surface area contributed by atoms with Crippen LogP contribution in [0.1, 0.15) is 45.4 Å². The van der Waals surface area contributed by atoms with Gasteiger partial charge in [-0.15, -0.1) is 0 Å². The summed E-state index contributed by atoms with van der Waals surface area (Å²) < 4.78 is 5.36. The molecular formula is C10H17BrO2. The fraction of sp³-hybridized carbons (Fsp3) is 0.900. The van der Waals surface area contributed by atoms with Gasteiger partial charge in [-0.1, -0.05) is 29.3 Å². The third kappa shape index (κ3) is 3.67. The van der Waals surface area contributed by atoms with Crippen molar-refractivity contribution in [3.63, 3.8) is 0 Å². The zero-order valence-corrected chi connectivity index (χ0v) is 9.68. The van der Waals surface area contributed by atoms with E-state index in [0.29, 0.717) is 11.2 Å². The van der Waals surface area contributed by atoms with Gasteiger partial charge in [0.05, 0.1) is 4.83 Å². The molecule has 0 spiro atoms. The highest BCUT2D eigenvalue weighted by Gasteiger charge is 2.25. The third-order valence-electron chi connectivity index (χ3n) is 2.36. The van der Waals surface area contributed by atoms with E-state index in [1.54, 1.807) is 0 Å². The van der Waals surface area contributed by atoms with Gasteiger partial charge in [-0.25, -0.2) is 0 Å². The number of esters is 1. The Balaban J connectivity index is 2.29. The summed E-state index contributed by atoms with van der Waals surface area (Å²) in [7, 11) is 0. The van der Waals surface area contributed by atoms with Crippen molar-refractivity contribution in [1.82, 2.24) is 0 Å². The first-order chi connectivity index (χ1) is 6.24. The molecule has 1 aliphatic rings. The number of ether oxygens (including phenoxy) is 1. The molecule has 1 saturated carbocycles. The lowest BCUT2D eigenvalue weighted by atomic mass is 9.97. The maximum Gasteiger partial charge on any atom is 0.306 e. The molecule has 0 aromatic heterocycles. The monoisotopic (exact) mass is 248 g/mol. The van der Waals surface area contributed by atoms with Crippen LogP contribution in [-0.4, -0.2) is 16.9 Å². The summed E-state index contributed by atoms with van der Waals surface area (Å²) >= 11 is 3.56. The Hall–Kier alpha value is -0.0500. The lowest BCUT2D eigenvalue weighted by molar-refractivity contribution is -0.150. The molecule has 13 heavy (non-hydrogen) atoms. The highest BCUT2D eigenvalue weighted by molar-refractivity contribution is 9.09. The fourth-order valence-corrected chi connectivity index (χ4v) is 2.31. The van der Waals surface area contributed by atoms with Crippen LogP contribution in [0.5, 0.6) is 0 Å². The number of carbonyl (C=O) groups is 1. The number of carbonyl (C=O) groups excluding carboxylic acids is 1. The summed E-state index contributed by atoms with van der Waals surface area (Å²) in [5.41, 5.74) is 0. The van der Waals surface area contributed by atoms with Crippen LogP contribution in [0.4, 0.5) is 0 Å². The predicted octanol–water partition coefficient (Wildman–Crippen LogP) is 3.04. The summed E-state index contributed by atoms with van der Waals surface area (Å²) in [6.45, 7) is 1.99. The van der Waals surface area contributed by atoms with E-state index in [1.165, 1.54) is 12.8 Å². The standard InChI is InChI=1S/C10H17BrO2/c1-2-5-10(12)13-9-7-4-3-6-8(9)11/h8-9H,2-7H2,1H3/t8-,9-/m0/s1. The lowest BCUT2D eigenvalue weighted by Gasteiger charge is -2.26. The van der Waals surface area contributed by atoms with Crippen LogP contribution >= 0.6 is 15.9 Å². The molecule has 0 N–H and O–H groups in total. The van der Waals surface area contributed by atoms with Gasteiger partial charge in [0.2, 0.25) is 0 Å². The molecule has 0 bridgehead atoms.